The highest BCUT2D eigenvalue weighted by molar-refractivity contribution is 7.11. The van der Waals surface area contributed by atoms with Crippen molar-refractivity contribution in [3.63, 3.8) is 0 Å². The molecule has 1 aliphatic rings. The Hall–Kier alpha value is -0.940. The Morgan fingerprint density at radius 1 is 1.69 bits per heavy atom. The molecule has 0 aromatic carbocycles. The Bertz CT molecular complexity index is 360. The van der Waals surface area contributed by atoms with Gasteiger partial charge in [-0.15, -0.1) is 11.3 Å². The molecule has 1 aliphatic heterocycles. The molecule has 88 valence electrons. The fourth-order valence-electron chi connectivity index (χ4n) is 1.59. The van der Waals surface area contributed by atoms with Crippen LogP contribution in [0, 0.1) is 5.92 Å². The van der Waals surface area contributed by atoms with E-state index in [1.54, 1.807) is 11.3 Å². The monoisotopic (exact) mass is 239 g/mol. The van der Waals surface area contributed by atoms with Crippen molar-refractivity contribution in [2.24, 2.45) is 5.92 Å². The summed E-state index contributed by atoms with van der Waals surface area (Å²) < 4.78 is 0. The van der Waals surface area contributed by atoms with Crippen LogP contribution in [0.4, 0.5) is 0 Å². The zero-order chi connectivity index (χ0) is 11.4. The Morgan fingerprint density at radius 2 is 2.50 bits per heavy atom. The van der Waals surface area contributed by atoms with Crippen molar-refractivity contribution in [1.29, 1.82) is 0 Å². The van der Waals surface area contributed by atoms with Crippen LogP contribution in [-0.4, -0.2) is 24.0 Å². The minimum Gasteiger partial charge on any atom is -0.350 e. The minimum atomic E-state index is 0.139. The van der Waals surface area contributed by atoms with Crippen LogP contribution in [-0.2, 0) is 17.8 Å². The van der Waals surface area contributed by atoms with Crippen LogP contribution in [0.15, 0.2) is 6.20 Å². The highest BCUT2D eigenvalue weighted by atomic mass is 32.1. The molecule has 1 fully saturated rings. The molecular formula is C11H17N3OS. The van der Waals surface area contributed by atoms with Gasteiger partial charge >= 0.3 is 0 Å². The standard InChI is InChI=1S/C11H17N3OS/c1-2-9-6-14-11(16-9)7-13-10(15)3-8-4-12-5-8/h6,8,12H,2-5,7H2,1H3,(H,13,15). The number of hydrogen-bond donors (Lipinski definition) is 2. The fraction of sp³-hybridized carbons (Fsp3) is 0.636. The quantitative estimate of drug-likeness (QED) is 0.804. The molecule has 0 aliphatic carbocycles. The molecule has 1 amide bonds. The second-order valence-electron chi connectivity index (χ2n) is 4.08. The molecule has 1 aromatic heterocycles. The molecule has 1 saturated heterocycles. The Morgan fingerprint density at radius 3 is 3.06 bits per heavy atom. The number of nitrogens with zero attached hydrogens (tertiary/aromatic N) is 1. The smallest absolute Gasteiger partial charge is 0.220 e. The maximum absolute atomic E-state index is 11.5. The SMILES string of the molecule is CCc1cnc(CNC(=O)CC2CNC2)s1. The Balaban J connectivity index is 1.71. The topological polar surface area (TPSA) is 54.0 Å². The molecule has 0 spiro atoms. The van der Waals surface area contributed by atoms with E-state index in [0.717, 1.165) is 24.5 Å². The molecule has 1 aromatic rings. The molecule has 2 rings (SSSR count). The van der Waals surface area contributed by atoms with Crippen LogP contribution in [0.25, 0.3) is 0 Å². The normalized spacial score (nSPS) is 15.8. The first-order chi connectivity index (χ1) is 7.78. The van der Waals surface area contributed by atoms with Crippen LogP contribution in [0.2, 0.25) is 0 Å². The van der Waals surface area contributed by atoms with Gasteiger partial charge in [0.15, 0.2) is 0 Å². The first kappa shape index (κ1) is 11.5. The third-order valence-corrected chi connectivity index (χ3v) is 3.87. The van der Waals surface area contributed by atoms with Crippen molar-refractivity contribution in [1.82, 2.24) is 15.6 Å². The summed E-state index contributed by atoms with van der Waals surface area (Å²) in [6, 6.07) is 0. The third-order valence-electron chi connectivity index (χ3n) is 2.73. The molecule has 2 N–H and O–H groups in total. The van der Waals surface area contributed by atoms with Crippen molar-refractivity contribution in [2.75, 3.05) is 13.1 Å². The van der Waals surface area contributed by atoms with E-state index in [2.05, 4.69) is 22.5 Å². The number of hydrogen-bond acceptors (Lipinski definition) is 4. The molecule has 4 nitrogen and oxygen atoms in total. The number of carbonyl (C=O) groups is 1. The van der Waals surface area contributed by atoms with E-state index in [1.165, 1.54) is 4.88 Å². The molecule has 0 unspecified atom stereocenters. The first-order valence-electron chi connectivity index (χ1n) is 5.69. The van der Waals surface area contributed by atoms with E-state index >= 15 is 0 Å². The van der Waals surface area contributed by atoms with Gasteiger partial charge in [0.2, 0.25) is 5.91 Å². The number of carbonyl (C=O) groups excluding carboxylic acids is 1. The van der Waals surface area contributed by atoms with Crippen LogP contribution in [0.3, 0.4) is 0 Å². The lowest BCUT2D eigenvalue weighted by molar-refractivity contribution is -0.122. The predicted molar refractivity (Wildman–Crippen MR) is 64.3 cm³/mol. The van der Waals surface area contributed by atoms with Gasteiger partial charge in [-0.25, -0.2) is 4.98 Å². The van der Waals surface area contributed by atoms with Gasteiger partial charge in [-0.05, 0) is 25.4 Å². The van der Waals surface area contributed by atoms with Gasteiger partial charge in [-0.1, -0.05) is 6.92 Å². The molecule has 0 saturated carbocycles. The largest absolute Gasteiger partial charge is 0.350 e. The number of aromatic nitrogens is 1. The summed E-state index contributed by atoms with van der Waals surface area (Å²) in [5.74, 6) is 0.669. The van der Waals surface area contributed by atoms with Crippen molar-refractivity contribution in [3.05, 3.63) is 16.1 Å². The summed E-state index contributed by atoms with van der Waals surface area (Å²) >= 11 is 1.68. The van der Waals surface area contributed by atoms with E-state index < -0.39 is 0 Å². The van der Waals surface area contributed by atoms with Gasteiger partial charge in [0.25, 0.3) is 0 Å². The van der Waals surface area contributed by atoms with Crippen LogP contribution in [0.1, 0.15) is 23.2 Å². The first-order valence-corrected chi connectivity index (χ1v) is 6.50. The minimum absolute atomic E-state index is 0.139. The summed E-state index contributed by atoms with van der Waals surface area (Å²) in [5, 5.41) is 7.07. The van der Waals surface area contributed by atoms with Gasteiger partial charge < -0.3 is 10.6 Å². The predicted octanol–water partition coefficient (Wildman–Crippen LogP) is 0.931. The van der Waals surface area contributed by atoms with Crippen molar-refractivity contribution < 1.29 is 4.79 Å². The van der Waals surface area contributed by atoms with Gasteiger partial charge in [-0.3, -0.25) is 4.79 Å². The lowest BCUT2D eigenvalue weighted by Crippen LogP contribution is -2.44. The number of aryl methyl sites for hydroxylation is 1. The van der Waals surface area contributed by atoms with Crippen LogP contribution < -0.4 is 10.6 Å². The highest BCUT2D eigenvalue weighted by Crippen LogP contribution is 2.13. The average molecular weight is 239 g/mol. The summed E-state index contributed by atoms with van der Waals surface area (Å²) in [7, 11) is 0. The number of amides is 1. The molecule has 0 radical (unpaired) electrons. The lowest BCUT2D eigenvalue weighted by atomic mass is 9.99. The third kappa shape index (κ3) is 3.02. The Kier molecular flexibility index (Phi) is 3.90. The molecule has 0 atom stereocenters. The zero-order valence-corrected chi connectivity index (χ0v) is 10.3. The van der Waals surface area contributed by atoms with Crippen molar-refractivity contribution >= 4 is 17.2 Å². The van der Waals surface area contributed by atoms with Gasteiger partial charge in [-0.2, -0.15) is 0 Å². The van der Waals surface area contributed by atoms with Gasteiger partial charge in [0.05, 0.1) is 6.54 Å². The number of nitrogens with one attached hydrogen (secondary N) is 2. The maximum atomic E-state index is 11.5. The van der Waals surface area contributed by atoms with Crippen LogP contribution >= 0.6 is 11.3 Å². The van der Waals surface area contributed by atoms with Crippen molar-refractivity contribution in [3.8, 4) is 0 Å². The van der Waals surface area contributed by atoms with E-state index in [4.69, 9.17) is 0 Å². The number of rotatable bonds is 5. The number of thiazole rings is 1. The second-order valence-corrected chi connectivity index (χ2v) is 5.28. The Labute approximate surface area is 99.5 Å². The van der Waals surface area contributed by atoms with E-state index in [1.807, 2.05) is 6.20 Å². The summed E-state index contributed by atoms with van der Waals surface area (Å²) in [4.78, 5) is 17.1. The summed E-state index contributed by atoms with van der Waals surface area (Å²) in [6.07, 6.45) is 3.54. The van der Waals surface area contributed by atoms with Gasteiger partial charge in [0, 0.05) is 17.5 Å². The molecule has 16 heavy (non-hydrogen) atoms. The van der Waals surface area contributed by atoms with E-state index in [-0.39, 0.29) is 5.91 Å². The molecule has 2 heterocycles. The average Bonchev–Trinajstić information content (AvgIpc) is 2.68. The van der Waals surface area contributed by atoms with Crippen molar-refractivity contribution in [2.45, 2.75) is 26.3 Å². The molecule has 0 bridgehead atoms. The summed E-state index contributed by atoms with van der Waals surface area (Å²) in [5.41, 5.74) is 0. The fourth-order valence-corrected chi connectivity index (χ4v) is 2.40. The van der Waals surface area contributed by atoms with E-state index in [9.17, 15) is 4.79 Å². The van der Waals surface area contributed by atoms with Crippen LogP contribution in [0.5, 0.6) is 0 Å². The molecule has 5 heteroatoms. The maximum Gasteiger partial charge on any atom is 0.220 e. The zero-order valence-electron chi connectivity index (χ0n) is 9.45. The van der Waals surface area contributed by atoms with Gasteiger partial charge in [0.1, 0.15) is 5.01 Å². The molecular weight excluding hydrogens is 222 g/mol. The lowest BCUT2D eigenvalue weighted by Gasteiger charge is -2.26. The second kappa shape index (κ2) is 5.41. The highest BCUT2D eigenvalue weighted by Gasteiger charge is 2.19. The summed E-state index contributed by atoms with van der Waals surface area (Å²) in [6.45, 7) is 4.64. The van der Waals surface area contributed by atoms with E-state index in [0.29, 0.717) is 18.9 Å².